The minimum atomic E-state index is -0.334. The van der Waals surface area contributed by atoms with E-state index < -0.39 is 0 Å². The molecule has 0 spiro atoms. The second-order valence-corrected chi connectivity index (χ2v) is 5.70. The van der Waals surface area contributed by atoms with Crippen LogP contribution in [0.25, 0.3) is 5.69 Å². The Balaban J connectivity index is 1.45. The van der Waals surface area contributed by atoms with Crippen LogP contribution >= 0.6 is 0 Å². The van der Waals surface area contributed by atoms with Gasteiger partial charge in [-0.3, -0.25) is 9.59 Å². The van der Waals surface area contributed by atoms with E-state index in [1.165, 1.54) is 12.6 Å². The number of hydrogen-bond donors (Lipinski definition) is 2. The van der Waals surface area contributed by atoms with Gasteiger partial charge < -0.3 is 15.1 Å². The van der Waals surface area contributed by atoms with E-state index in [0.29, 0.717) is 0 Å². The van der Waals surface area contributed by atoms with Crippen molar-refractivity contribution in [3.8, 4) is 5.69 Å². The zero-order chi connectivity index (χ0) is 18.4. The molecule has 0 aliphatic heterocycles. The van der Waals surface area contributed by atoms with Crippen LogP contribution in [0.1, 0.15) is 35.5 Å². The number of nitrogens with zero attached hydrogens (tertiary/aromatic N) is 3. The van der Waals surface area contributed by atoms with Gasteiger partial charge in [0.15, 0.2) is 5.76 Å². The molecule has 0 saturated heterocycles. The van der Waals surface area contributed by atoms with Crippen molar-refractivity contribution in [3.63, 3.8) is 0 Å². The Morgan fingerprint density at radius 1 is 1.23 bits per heavy atom. The molecule has 26 heavy (non-hydrogen) atoms. The van der Waals surface area contributed by atoms with Crippen molar-refractivity contribution in [2.24, 2.45) is 0 Å². The fourth-order valence-electron chi connectivity index (χ4n) is 2.44. The van der Waals surface area contributed by atoms with E-state index in [1.54, 1.807) is 23.1 Å². The van der Waals surface area contributed by atoms with Crippen molar-refractivity contribution < 1.29 is 14.0 Å². The second kappa shape index (κ2) is 8.11. The van der Waals surface area contributed by atoms with Gasteiger partial charge in [-0.25, -0.2) is 9.67 Å². The van der Waals surface area contributed by atoms with Crippen molar-refractivity contribution in [3.05, 3.63) is 66.6 Å². The molecule has 0 radical (unpaired) electrons. The number of carbonyl (C=O) groups is 2. The van der Waals surface area contributed by atoms with Crippen molar-refractivity contribution in [2.75, 3.05) is 6.54 Å². The largest absolute Gasteiger partial charge is 0.459 e. The average Bonchev–Trinajstić information content (AvgIpc) is 3.35. The summed E-state index contributed by atoms with van der Waals surface area (Å²) in [5.41, 5.74) is 1.87. The fraction of sp³-hybridized carbons (Fsp3) is 0.222. The molecule has 8 nitrogen and oxygen atoms in total. The quantitative estimate of drug-likeness (QED) is 0.675. The van der Waals surface area contributed by atoms with E-state index in [9.17, 15) is 9.59 Å². The number of benzene rings is 1. The summed E-state index contributed by atoms with van der Waals surface area (Å²) in [6.45, 7) is 2.15. The third-order valence-corrected chi connectivity index (χ3v) is 3.84. The van der Waals surface area contributed by atoms with Gasteiger partial charge in [0.05, 0.1) is 18.0 Å². The van der Waals surface area contributed by atoms with Gasteiger partial charge in [-0.1, -0.05) is 12.1 Å². The van der Waals surface area contributed by atoms with Crippen LogP contribution in [0.5, 0.6) is 0 Å². The fourth-order valence-corrected chi connectivity index (χ4v) is 2.44. The van der Waals surface area contributed by atoms with Gasteiger partial charge in [-0.2, -0.15) is 5.10 Å². The van der Waals surface area contributed by atoms with Crippen LogP contribution in [0.3, 0.4) is 0 Å². The molecule has 8 heteroatoms. The first kappa shape index (κ1) is 17.4. The zero-order valence-electron chi connectivity index (χ0n) is 14.3. The molecule has 0 bridgehead atoms. The van der Waals surface area contributed by atoms with Crippen LogP contribution in [0, 0.1) is 0 Å². The summed E-state index contributed by atoms with van der Waals surface area (Å²) in [5, 5.41) is 9.62. The summed E-state index contributed by atoms with van der Waals surface area (Å²) in [7, 11) is 0. The molecule has 0 aliphatic rings. The lowest BCUT2D eigenvalue weighted by Crippen LogP contribution is -2.32. The van der Waals surface area contributed by atoms with Crippen molar-refractivity contribution in [2.45, 2.75) is 19.4 Å². The maximum Gasteiger partial charge on any atom is 0.286 e. The molecule has 134 valence electrons. The number of hydrogen-bond acceptors (Lipinski definition) is 5. The normalized spacial score (nSPS) is 11.7. The van der Waals surface area contributed by atoms with E-state index in [2.05, 4.69) is 20.7 Å². The Bertz CT molecular complexity index is 842. The minimum Gasteiger partial charge on any atom is -0.459 e. The molecule has 0 fully saturated rings. The Hall–Kier alpha value is -3.42. The highest BCUT2D eigenvalue weighted by Crippen LogP contribution is 2.15. The molecule has 2 heterocycles. The number of amides is 2. The maximum atomic E-state index is 12.0. The first-order valence-electron chi connectivity index (χ1n) is 8.19. The number of aromatic nitrogens is 3. The highest BCUT2D eigenvalue weighted by molar-refractivity contribution is 5.91. The summed E-state index contributed by atoms with van der Waals surface area (Å²) in [6.07, 6.45) is 4.71. The first-order valence-corrected chi connectivity index (χ1v) is 8.19. The van der Waals surface area contributed by atoms with Crippen LogP contribution in [-0.2, 0) is 4.79 Å². The molecule has 0 saturated carbocycles. The minimum absolute atomic E-state index is 0.141. The Morgan fingerprint density at radius 3 is 2.69 bits per heavy atom. The van der Waals surface area contributed by atoms with E-state index >= 15 is 0 Å². The van der Waals surface area contributed by atoms with Crippen LogP contribution < -0.4 is 10.6 Å². The smallest absolute Gasteiger partial charge is 0.286 e. The van der Waals surface area contributed by atoms with Gasteiger partial charge in [-0.05, 0) is 36.8 Å². The zero-order valence-corrected chi connectivity index (χ0v) is 14.3. The van der Waals surface area contributed by atoms with E-state index in [1.807, 2.05) is 31.2 Å². The molecule has 1 unspecified atom stereocenters. The van der Waals surface area contributed by atoms with E-state index in [0.717, 1.165) is 11.3 Å². The van der Waals surface area contributed by atoms with Crippen LogP contribution in [0.2, 0.25) is 0 Å². The number of nitrogens with one attached hydrogen (secondary N) is 2. The molecule has 0 aliphatic carbocycles. The molecular weight excluding hydrogens is 334 g/mol. The molecule has 2 N–H and O–H groups in total. The number of furan rings is 1. The van der Waals surface area contributed by atoms with Gasteiger partial charge in [0.25, 0.3) is 5.91 Å². The van der Waals surface area contributed by atoms with Crippen LogP contribution in [0.4, 0.5) is 0 Å². The summed E-state index contributed by atoms with van der Waals surface area (Å²) >= 11 is 0. The first-order chi connectivity index (χ1) is 12.6. The number of rotatable bonds is 7. The highest BCUT2D eigenvalue weighted by atomic mass is 16.3. The third kappa shape index (κ3) is 4.35. The Kier molecular flexibility index (Phi) is 5.43. The topological polar surface area (TPSA) is 102 Å². The van der Waals surface area contributed by atoms with E-state index in [-0.39, 0.29) is 36.6 Å². The van der Waals surface area contributed by atoms with Gasteiger partial charge in [0.2, 0.25) is 5.91 Å². The van der Waals surface area contributed by atoms with Crippen molar-refractivity contribution in [1.29, 1.82) is 0 Å². The van der Waals surface area contributed by atoms with Crippen LogP contribution in [0.15, 0.2) is 59.7 Å². The van der Waals surface area contributed by atoms with Gasteiger partial charge >= 0.3 is 0 Å². The average molecular weight is 353 g/mol. The summed E-state index contributed by atoms with van der Waals surface area (Å²) < 4.78 is 6.65. The lowest BCUT2D eigenvalue weighted by atomic mass is 10.1. The highest BCUT2D eigenvalue weighted by Gasteiger charge is 2.12. The number of carbonyl (C=O) groups excluding carboxylic acids is 2. The molecule has 3 aromatic rings. The van der Waals surface area contributed by atoms with E-state index in [4.69, 9.17) is 4.42 Å². The molecule has 1 atom stereocenters. The Morgan fingerprint density at radius 2 is 2.04 bits per heavy atom. The molecule has 2 aromatic heterocycles. The lowest BCUT2D eigenvalue weighted by Gasteiger charge is -2.15. The predicted molar refractivity (Wildman–Crippen MR) is 93.6 cm³/mol. The van der Waals surface area contributed by atoms with Crippen LogP contribution in [-0.4, -0.2) is 33.1 Å². The maximum absolute atomic E-state index is 12.0. The second-order valence-electron chi connectivity index (χ2n) is 5.70. The summed E-state index contributed by atoms with van der Waals surface area (Å²) in [4.78, 5) is 27.7. The molecule has 1 aromatic carbocycles. The molecule has 2 amide bonds. The van der Waals surface area contributed by atoms with Gasteiger partial charge in [0, 0.05) is 13.0 Å². The Labute approximate surface area is 150 Å². The standard InChI is InChI=1S/C18H19N5O3/c1-13(14-4-6-15(7-5-14)23-12-19-11-21-23)22-17(24)8-9-20-18(25)16-3-2-10-26-16/h2-7,10-13H,8-9H2,1H3,(H,20,25)(H,22,24). The van der Waals surface area contributed by atoms with Gasteiger partial charge in [-0.15, -0.1) is 0 Å². The van der Waals surface area contributed by atoms with Crippen molar-refractivity contribution >= 4 is 11.8 Å². The lowest BCUT2D eigenvalue weighted by molar-refractivity contribution is -0.121. The SMILES string of the molecule is CC(NC(=O)CCNC(=O)c1ccco1)c1ccc(-n2cncn2)cc1. The third-order valence-electron chi connectivity index (χ3n) is 3.84. The molecular formula is C18H19N5O3. The summed E-state index contributed by atoms with van der Waals surface area (Å²) in [6, 6.07) is 10.7. The molecule has 3 rings (SSSR count). The van der Waals surface area contributed by atoms with Crippen molar-refractivity contribution in [1.82, 2.24) is 25.4 Å². The summed E-state index contributed by atoms with van der Waals surface area (Å²) in [5.74, 6) is -0.247. The predicted octanol–water partition coefficient (Wildman–Crippen LogP) is 1.86. The monoisotopic (exact) mass is 353 g/mol. The van der Waals surface area contributed by atoms with Gasteiger partial charge in [0.1, 0.15) is 12.7 Å².